The van der Waals surface area contributed by atoms with Gasteiger partial charge in [-0.1, -0.05) is 42.8 Å². The number of methoxy groups -OCH3 is 1. The summed E-state index contributed by atoms with van der Waals surface area (Å²) in [6.45, 7) is 3.07. The van der Waals surface area contributed by atoms with Crippen molar-refractivity contribution in [1.82, 2.24) is 4.90 Å². The molecule has 0 N–H and O–H groups in total. The van der Waals surface area contributed by atoms with Gasteiger partial charge < -0.3 is 4.74 Å². The standard InChI is InChI=1S/C21H23ClN2O2/c1-3-14-6-8-15(9-7-14)20-23-12-4-5-17(23)21(25)24(20)18-13-16(22)10-11-19(18)26-2/h6-11,13,17,20H,3-5,12H2,1-2H3/t17-,20+/m0/s1. The van der Waals surface area contributed by atoms with Gasteiger partial charge in [0.2, 0.25) is 5.91 Å². The zero-order valence-corrected chi connectivity index (χ0v) is 15.9. The van der Waals surface area contributed by atoms with Crippen molar-refractivity contribution in [3.05, 3.63) is 58.6 Å². The summed E-state index contributed by atoms with van der Waals surface area (Å²) in [5.74, 6) is 0.798. The molecule has 4 rings (SSSR count). The monoisotopic (exact) mass is 370 g/mol. The van der Waals surface area contributed by atoms with Crippen LogP contribution < -0.4 is 9.64 Å². The molecule has 0 aromatic heterocycles. The van der Waals surface area contributed by atoms with E-state index in [9.17, 15) is 4.79 Å². The largest absolute Gasteiger partial charge is 0.495 e. The summed E-state index contributed by atoms with van der Waals surface area (Å²) in [4.78, 5) is 17.4. The molecule has 2 aliphatic heterocycles. The first-order valence-corrected chi connectivity index (χ1v) is 9.53. The Labute approximate surface area is 159 Å². The molecule has 2 saturated heterocycles. The molecule has 0 aliphatic carbocycles. The highest BCUT2D eigenvalue weighted by Crippen LogP contribution is 2.45. The fraction of sp³-hybridized carbons (Fsp3) is 0.381. The molecule has 0 saturated carbocycles. The predicted molar refractivity (Wildman–Crippen MR) is 104 cm³/mol. The fourth-order valence-electron chi connectivity index (χ4n) is 4.14. The molecule has 0 radical (unpaired) electrons. The van der Waals surface area contributed by atoms with Crippen molar-refractivity contribution in [1.29, 1.82) is 0 Å². The molecule has 5 heteroatoms. The van der Waals surface area contributed by atoms with E-state index in [2.05, 4.69) is 36.1 Å². The molecule has 2 aromatic rings. The second-order valence-electron chi connectivity index (χ2n) is 6.89. The Morgan fingerprint density at radius 3 is 2.65 bits per heavy atom. The van der Waals surface area contributed by atoms with E-state index in [0.717, 1.165) is 37.1 Å². The molecule has 2 aromatic carbocycles. The summed E-state index contributed by atoms with van der Waals surface area (Å²) in [5, 5.41) is 0.598. The van der Waals surface area contributed by atoms with Crippen LogP contribution in [0.2, 0.25) is 5.02 Å². The third-order valence-corrected chi connectivity index (χ3v) is 5.70. The number of carbonyl (C=O) groups excluding carboxylic acids is 1. The van der Waals surface area contributed by atoms with E-state index < -0.39 is 0 Å². The highest BCUT2D eigenvalue weighted by molar-refractivity contribution is 6.31. The van der Waals surface area contributed by atoms with E-state index in [1.165, 1.54) is 5.56 Å². The Morgan fingerprint density at radius 1 is 1.19 bits per heavy atom. The Bertz CT molecular complexity index is 821. The van der Waals surface area contributed by atoms with Crippen LogP contribution in [0.1, 0.15) is 37.1 Å². The molecule has 2 fully saturated rings. The van der Waals surface area contributed by atoms with Crippen LogP contribution in [-0.2, 0) is 11.2 Å². The molecular formula is C21H23ClN2O2. The number of benzene rings is 2. The van der Waals surface area contributed by atoms with Crippen LogP contribution in [0.5, 0.6) is 5.75 Å². The van der Waals surface area contributed by atoms with E-state index >= 15 is 0 Å². The van der Waals surface area contributed by atoms with Crippen molar-refractivity contribution < 1.29 is 9.53 Å². The minimum Gasteiger partial charge on any atom is -0.495 e. The van der Waals surface area contributed by atoms with Gasteiger partial charge in [0.25, 0.3) is 0 Å². The summed E-state index contributed by atoms with van der Waals surface area (Å²) in [5.41, 5.74) is 3.16. The number of amides is 1. The summed E-state index contributed by atoms with van der Waals surface area (Å²) in [7, 11) is 1.62. The first-order chi connectivity index (χ1) is 12.6. The Hall–Kier alpha value is -2.04. The minimum absolute atomic E-state index is 0.0606. The highest BCUT2D eigenvalue weighted by atomic mass is 35.5. The van der Waals surface area contributed by atoms with Gasteiger partial charge in [-0.2, -0.15) is 0 Å². The van der Waals surface area contributed by atoms with Crippen molar-refractivity contribution in [3.63, 3.8) is 0 Å². The van der Waals surface area contributed by atoms with Crippen LogP contribution in [0.15, 0.2) is 42.5 Å². The molecule has 0 bridgehead atoms. The number of hydrogen-bond donors (Lipinski definition) is 0. The molecular weight excluding hydrogens is 348 g/mol. The number of carbonyl (C=O) groups is 1. The fourth-order valence-corrected chi connectivity index (χ4v) is 4.31. The lowest BCUT2D eigenvalue weighted by atomic mass is 10.1. The lowest BCUT2D eigenvalue weighted by Gasteiger charge is -2.30. The van der Waals surface area contributed by atoms with Crippen molar-refractivity contribution >= 4 is 23.2 Å². The van der Waals surface area contributed by atoms with Crippen LogP contribution in [-0.4, -0.2) is 30.5 Å². The van der Waals surface area contributed by atoms with Crippen molar-refractivity contribution in [3.8, 4) is 5.75 Å². The Balaban J connectivity index is 1.82. The van der Waals surface area contributed by atoms with Gasteiger partial charge in [0.15, 0.2) is 0 Å². The second-order valence-corrected chi connectivity index (χ2v) is 7.33. The summed E-state index contributed by atoms with van der Waals surface area (Å²) in [6, 6.07) is 14.0. The topological polar surface area (TPSA) is 32.8 Å². The van der Waals surface area contributed by atoms with Gasteiger partial charge in [-0.15, -0.1) is 0 Å². The van der Waals surface area contributed by atoms with Crippen LogP contribution in [0.3, 0.4) is 0 Å². The van der Waals surface area contributed by atoms with Crippen LogP contribution in [0.25, 0.3) is 0 Å². The van der Waals surface area contributed by atoms with Crippen LogP contribution >= 0.6 is 11.6 Å². The van der Waals surface area contributed by atoms with E-state index in [4.69, 9.17) is 16.3 Å². The number of hydrogen-bond acceptors (Lipinski definition) is 3. The molecule has 2 aliphatic rings. The molecule has 136 valence electrons. The third-order valence-electron chi connectivity index (χ3n) is 5.46. The molecule has 0 unspecified atom stereocenters. The quantitative estimate of drug-likeness (QED) is 0.798. The van der Waals surface area contributed by atoms with Crippen LogP contribution in [0.4, 0.5) is 5.69 Å². The SMILES string of the molecule is CCc1ccc([C@H]2N(c3cc(Cl)ccc3OC)C(=O)[C@@H]3CCCN32)cc1. The zero-order chi connectivity index (χ0) is 18.3. The van der Waals surface area contributed by atoms with Gasteiger partial charge in [0.1, 0.15) is 11.9 Å². The van der Waals surface area contributed by atoms with Gasteiger partial charge in [-0.3, -0.25) is 14.6 Å². The summed E-state index contributed by atoms with van der Waals surface area (Å²) < 4.78 is 5.53. The number of ether oxygens (including phenoxy) is 1. The van der Waals surface area contributed by atoms with Crippen molar-refractivity contribution in [2.75, 3.05) is 18.6 Å². The first-order valence-electron chi connectivity index (χ1n) is 9.15. The zero-order valence-electron chi connectivity index (χ0n) is 15.1. The number of aryl methyl sites for hydroxylation is 1. The van der Waals surface area contributed by atoms with E-state index in [0.29, 0.717) is 10.8 Å². The number of fused-ring (bicyclic) bond motifs is 1. The van der Waals surface area contributed by atoms with Gasteiger partial charge in [0, 0.05) is 11.6 Å². The number of halogens is 1. The van der Waals surface area contributed by atoms with Crippen molar-refractivity contribution in [2.24, 2.45) is 0 Å². The normalized spacial score (nSPS) is 22.7. The van der Waals surface area contributed by atoms with E-state index in [1.807, 2.05) is 17.0 Å². The van der Waals surface area contributed by atoms with Gasteiger partial charge >= 0.3 is 0 Å². The second kappa shape index (κ2) is 6.93. The number of rotatable bonds is 4. The lowest BCUT2D eigenvalue weighted by molar-refractivity contribution is -0.119. The minimum atomic E-state index is -0.117. The molecule has 4 nitrogen and oxygen atoms in total. The van der Waals surface area contributed by atoms with Crippen LogP contribution in [0, 0.1) is 0 Å². The Morgan fingerprint density at radius 2 is 1.96 bits per heavy atom. The molecule has 2 atom stereocenters. The Kier molecular flexibility index (Phi) is 4.63. The van der Waals surface area contributed by atoms with Gasteiger partial charge in [-0.05, 0) is 48.6 Å². The average Bonchev–Trinajstić information content (AvgIpc) is 3.24. The average molecular weight is 371 g/mol. The molecule has 1 amide bonds. The van der Waals surface area contributed by atoms with E-state index in [-0.39, 0.29) is 18.1 Å². The van der Waals surface area contributed by atoms with Crippen molar-refractivity contribution in [2.45, 2.75) is 38.4 Å². The maximum absolute atomic E-state index is 13.3. The first kappa shape index (κ1) is 17.4. The van der Waals surface area contributed by atoms with Gasteiger partial charge in [0.05, 0.1) is 18.8 Å². The molecule has 26 heavy (non-hydrogen) atoms. The van der Waals surface area contributed by atoms with E-state index in [1.54, 1.807) is 13.2 Å². The molecule has 2 heterocycles. The summed E-state index contributed by atoms with van der Waals surface area (Å²) in [6.07, 6.45) is 2.85. The number of anilines is 1. The molecule has 0 spiro atoms. The lowest BCUT2D eigenvalue weighted by Crippen LogP contribution is -2.32. The summed E-state index contributed by atoms with van der Waals surface area (Å²) >= 11 is 6.25. The maximum atomic E-state index is 13.3. The highest BCUT2D eigenvalue weighted by Gasteiger charge is 2.50. The van der Waals surface area contributed by atoms with Gasteiger partial charge in [-0.25, -0.2) is 0 Å². The number of nitrogens with zero attached hydrogens (tertiary/aromatic N) is 2. The smallest absolute Gasteiger partial charge is 0.246 e. The third kappa shape index (κ3) is 2.78. The maximum Gasteiger partial charge on any atom is 0.246 e. The predicted octanol–water partition coefficient (Wildman–Crippen LogP) is 4.42.